The van der Waals surface area contributed by atoms with Crippen molar-refractivity contribution >= 4 is 21.9 Å². The lowest BCUT2D eigenvalue weighted by Gasteiger charge is -2.23. The third-order valence-corrected chi connectivity index (χ3v) is 1.59. The Labute approximate surface area is 92.6 Å². The standard InChI is InChI=1S/C7H15BrNO2.BrH/c1-9(2,3)4-5-11-7(10)6-8;/h4-6H2,1-3H3;1H/q+1;/p-1. The Balaban J connectivity index is 0. The SMILES string of the molecule is C[N+](C)(C)CCOC(=O)CBr.[Br-]. The quantitative estimate of drug-likeness (QED) is 0.330. The molecule has 0 aliphatic rings. The van der Waals surface area contributed by atoms with E-state index in [0.717, 1.165) is 11.0 Å². The molecule has 0 amide bonds. The van der Waals surface area contributed by atoms with Gasteiger partial charge in [0, 0.05) is 0 Å². The van der Waals surface area contributed by atoms with Crippen LogP contribution in [0.25, 0.3) is 0 Å². The third-order valence-electron chi connectivity index (χ3n) is 1.13. The summed E-state index contributed by atoms with van der Waals surface area (Å²) in [6.45, 7) is 1.34. The van der Waals surface area contributed by atoms with Crippen molar-refractivity contribution in [3.05, 3.63) is 0 Å². The van der Waals surface area contributed by atoms with Crippen LogP contribution in [0.15, 0.2) is 0 Å². The molecule has 0 saturated heterocycles. The molecule has 0 aromatic carbocycles. The van der Waals surface area contributed by atoms with Gasteiger partial charge in [0.25, 0.3) is 0 Å². The minimum absolute atomic E-state index is 0. The Bertz CT molecular complexity index is 134. The van der Waals surface area contributed by atoms with Crippen LogP contribution in [0, 0.1) is 0 Å². The predicted octanol–water partition coefficient (Wildman–Crippen LogP) is -2.37. The first kappa shape index (κ1) is 14.9. The van der Waals surface area contributed by atoms with Gasteiger partial charge in [0.05, 0.1) is 21.1 Å². The number of halogens is 2. The highest BCUT2D eigenvalue weighted by molar-refractivity contribution is 9.09. The molecule has 12 heavy (non-hydrogen) atoms. The van der Waals surface area contributed by atoms with Gasteiger partial charge < -0.3 is 26.2 Å². The van der Waals surface area contributed by atoms with E-state index in [1.807, 2.05) is 0 Å². The molecule has 0 aromatic rings. The average Bonchev–Trinajstić information content (AvgIpc) is 1.85. The monoisotopic (exact) mass is 303 g/mol. The zero-order valence-corrected chi connectivity index (χ0v) is 10.8. The summed E-state index contributed by atoms with van der Waals surface area (Å²) in [6, 6.07) is 0. The molecule has 0 N–H and O–H groups in total. The Kier molecular flexibility index (Phi) is 8.51. The van der Waals surface area contributed by atoms with Gasteiger partial charge in [-0.1, -0.05) is 15.9 Å². The second-order valence-electron chi connectivity index (χ2n) is 3.37. The van der Waals surface area contributed by atoms with Crippen LogP contribution >= 0.6 is 15.9 Å². The fraction of sp³-hybridized carbons (Fsp3) is 0.857. The fourth-order valence-electron chi connectivity index (χ4n) is 0.472. The van der Waals surface area contributed by atoms with Crippen molar-refractivity contribution in [1.29, 1.82) is 0 Å². The van der Waals surface area contributed by atoms with E-state index in [2.05, 4.69) is 37.1 Å². The lowest BCUT2D eigenvalue weighted by atomic mass is 10.5. The topological polar surface area (TPSA) is 26.3 Å². The van der Waals surface area contributed by atoms with Gasteiger partial charge in [-0.3, -0.25) is 4.79 Å². The average molecular weight is 305 g/mol. The van der Waals surface area contributed by atoms with Crippen LogP contribution in [0.5, 0.6) is 0 Å². The maximum absolute atomic E-state index is 10.6. The lowest BCUT2D eigenvalue weighted by molar-refractivity contribution is -0.870. The zero-order valence-electron chi connectivity index (χ0n) is 7.64. The van der Waals surface area contributed by atoms with Crippen LogP contribution in [0.1, 0.15) is 0 Å². The van der Waals surface area contributed by atoms with Crippen molar-refractivity contribution in [3.8, 4) is 0 Å². The van der Waals surface area contributed by atoms with Crippen molar-refractivity contribution in [1.82, 2.24) is 0 Å². The van der Waals surface area contributed by atoms with E-state index in [1.54, 1.807) is 0 Å². The van der Waals surface area contributed by atoms with E-state index in [-0.39, 0.29) is 28.3 Å². The van der Waals surface area contributed by atoms with Crippen molar-refractivity contribution in [2.45, 2.75) is 0 Å². The fourth-order valence-corrected chi connectivity index (χ4v) is 0.634. The van der Waals surface area contributed by atoms with Crippen LogP contribution in [-0.4, -0.2) is 50.1 Å². The minimum atomic E-state index is -0.196. The van der Waals surface area contributed by atoms with Crippen LogP contribution in [0.4, 0.5) is 0 Å². The molecular formula is C7H15Br2NO2. The lowest BCUT2D eigenvalue weighted by Crippen LogP contribution is -3.00. The van der Waals surface area contributed by atoms with Crippen molar-refractivity contribution < 1.29 is 31.0 Å². The van der Waals surface area contributed by atoms with E-state index in [9.17, 15) is 4.79 Å². The van der Waals surface area contributed by atoms with Gasteiger partial charge in [-0.2, -0.15) is 0 Å². The number of nitrogens with zero attached hydrogens (tertiary/aromatic N) is 1. The van der Waals surface area contributed by atoms with Crippen LogP contribution < -0.4 is 17.0 Å². The Morgan fingerprint density at radius 2 is 1.92 bits per heavy atom. The molecule has 0 saturated carbocycles. The van der Waals surface area contributed by atoms with Gasteiger partial charge >= 0.3 is 5.97 Å². The molecule has 0 rings (SSSR count). The molecule has 3 nitrogen and oxygen atoms in total. The molecule has 0 aliphatic carbocycles. The highest BCUT2D eigenvalue weighted by Gasteiger charge is 2.07. The summed E-state index contributed by atoms with van der Waals surface area (Å²) in [7, 11) is 6.17. The molecule has 0 unspecified atom stereocenters. The van der Waals surface area contributed by atoms with E-state index >= 15 is 0 Å². The summed E-state index contributed by atoms with van der Waals surface area (Å²) in [5.41, 5.74) is 0. The molecule has 0 atom stereocenters. The highest BCUT2D eigenvalue weighted by atomic mass is 79.9. The largest absolute Gasteiger partial charge is 1.00 e. The summed E-state index contributed by atoms with van der Waals surface area (Å²) in [6.07, 6.45) is 0. The maximum atomic E-state index is 10.6. The molecule has 0 fully saturated rings. The number of carbonyl (C=O) groups excluding carboxylic acids is 1. The first-order chi connectivity index (χ1) is 4.95. The van der Waals surface area contributed by atoms with Gasteiger partial charge in [0.2, 0.25) is 0 Å². The van der Waals surface area contributed by atoms with E-state index in [1.165, 1.54) is 0 Å². The van der Waals surface area contributed by atoms with Gasteiger partial charge in [-0.05, 0) is 0 Å². The second-order valence-corrected chi connectivity index (χ2v) is 3.93. The number of esters is 1. The molecule has 0 bridgehead atoms. The Morgan fingerprint density at radius 3 is 2.25 bits per heavy atom. The van der Waals surface area contributed by atoms with Crippen molar-refractivity contribution in [2.75, 3.05) is 39.6 Å². The minimum Gasteiger partial charge on any atom is -1.00 e. The summed E-state index contributed by atoms with van der Waals surface area (Å²) >= 11 is 3.02. The molecule has 0 aromatic heterocycles. The van der Waals surface area contributed by atoms with Gasteiger partial charge in [-0.15, -0.1) is 0 Å². The third kappa shape index (κ3) is 10.4. The number of hydrogen-bond donors (Lipinski definition) is 0. The first-order valence-corrected chi connectivity index (χ1v) is 4.60. The predicted molar refractivity (Wildman–Crippen MR) is 47.7 cm³/mol. The van der Waals surface area contributed by atoms with Crippen LogP contribution in [0.2, 0.25) is 0 Å². The molecular weight excluding hydrogens is 290 g/mol. The number of rotatable bonds is 4. The molecule has 74 valence electrons. The number of carbonyl (C=O) groups is 1. The van der Waals surface area contributed by atoms with Crippen LogP contribution in [-0.2, 0) is 9.53 Å². The number of hydrogen-bond acceptors (Lipinski definition) is 2. The molecule has 0 aliphatic heterocycles. The van der Waals surface area contributed by atoms with Gasteiger partial charge in [0.15, 0.2) is 0 Å². The summed E-state index contributed by atoms with van der Waals surface area (Å²) in [4.78, 5) is 10.6. The zero-order chi connectivity index (χ0) is 8.91. The van der Waals surface area contributed by atoms with Crippen molar-refractivity contribution in [2.24, 2.45) is 0 Å². The molecule has 0 spiro atoms. The summed E-state index contributed by atoms with van der Waals surface area (Å²) in [5.74, 6) is -0.196. The number of quaternary nitrogens is 1. The van der Waals surface area contributed by atoms with Gasteiger partial charge in [-0.25, -0.2) is 0 Å². The van der Waals surface area contributed by atoms with Crippen molar-refractivity contribution in [3.63, 3.8) is 0 Å². The Hall–Kier alpha value is 0.390. The second kappa shape index (κ2) is 6.86. The smallest absolute Gasteiger partial charge is 0.316 e. The molecule has 0 heterocycles. The molecule has 5 heteroatoms. The molecule has 0 radical (unpaired) electrons. The number of alkyl halides is 1. The number of ether oxygens (including phenoxy) is 1. The maximum Gasteiger partial charge on any atom is 0.316 e. The number of likely N-dealkylation sites (N-methyl/N-ethyl adjacent to an activating group) is 1. The van der Waals surface area contributed by atoms with E-state index in [0.29, 0.717) is 6.61 Å². The van der Waals surface area contributed by atoms with E-state index < -0.39 is 0 Å². The normalized spacial score (nSPS) is 10.3. The summed E-state index contributed by atoms with van der Waals surface area (Å²) in [5, 5.41) is 0.282. The summed E-state index contributed by atoms with van der Waals surface area (Å²) < 4.78 is 5.68. The van der Waals surface area contributed by atoms with E-state index in [4.69, 9.17) is 4.74 Å². The Morgan fingerprint density at radius 1 is 1.42 bits per heavy atom. The first-order valence-electron chi connectivity index (χ1n) is 3.48. The van der Waals surface area contributed by atoms with Gasteiger partial charge in [0.1, 0.15) is 18.5 Å². The highest BCUT2D eigenvalue weighted by Crippen LogP contribution is 1.91. The van der Waals surface area contributed by atoms with Crippen LogP contribution in [0.3, 0.4) is 0 Å².